The molecule has 1 fully saturated rings. The maximum Gasteiger partial charge on any atom is 0.143 e. The number of fused-ring (bicyclic) bond motifs is 3. The number of benzene rings is 1. The number of aryl methyl sites for hydroxylation is 1. The summed E-state index contributed by atoms with van der Waals surface area (Å²) in [6, 6.07) is 10.5. The first-order valence-electron chi connectivity index (χ1n) is 8.65. The molecular formula is C19H21N5O. The predicted molar refractivity (Wildman–Crippen MR) is 98.2 cm³/mol. The van der Waals surface area contributed by atoms with Gasteiger partial charge < -0.3 is 15.0 Å². The molecule has 0 aliphatic carbocycles. The quantitative estimate of drug-likeness (QED) is 0.792. The van der Waals surface area contributed by atoms with Crippen molar-refractivity contribution >= 4 is 27.6 Å². The number of para-hydroxylation sites is 1. The number of ether oxygens (including phenoxy) is 1. The second-order valence-corrected chi connectivity index (χ2v) is 6.37. The molecule has 25 heavy (non-hydrogen) atoms. The molecule has 128 valence electrons. The van der Waals surface area contributed by atoms with Crippen LogP contribution >= 0.6 is 0 Å². The third kappa shape index (κ3) is 2.82. The number of pyridine rings is 1. The fraction of sp³-hybridized carbons (Fsp3) is 0.368. The first-order valence-corrected chi connectivity index (χ1v) is 8.65. The van der Waals surface area contributed by atoms with Crippen LogP contribution in [-0.4, -0.2) is 47.3 Å². The normalized spacial score (nSPS) is 15.6. The SMILES string of the molecule is N#Cc1c(N)ncc2c3ccccc3n(CCCN3CCOCC3)c12. The third-order valence-corrected chi connectivity index (χ3v) is 4.91. The highest BCUT2D eigenvalue weighted by Gasteiger charge is 2.17. The van der Waals surface area contributed by atoms with Gasteiger partial charge in [-0.3, -0.25) is 4.90 Å². The van der Waals surface area contributed by atoms with Crippen molar-refractivity contribution in [3.63, 3.8) is 0 Å². The van der Waals surface area contributed by atoms with Crippen LogP contribution in [0.2, 0.25) is 0 Å². The van der Waals surface area contributed by atoms with E-state index >= 15 is 0 Å². The Kier molecular flexibility index (Phi) is 4.26. The van der Waals surface area contributed by atoms with Gasteiger partial charge in [-0.25, -0.2) is 4.98 Å². The van der Waals surface area contributed by atoms with Gasteiger partial charge in [-0.05, 0) is 12.5 Å². The summed E-state index contributed by atoms with van der Waals surface area (Å²) < 4.78 is 7.63. The zero-order valence-corrected chi connectivity index (χ0v) is 14.1. The van der Waals surface area contributed by atoms with E-state index in [1.54, 1.807) is 6.20 Å². The summed E-state index contributed by atoms with van der Waals surface area (Å²) >= 11 is 0. The molecule has 3 aromatic rings. The molecule has 2 N–H and O–H groups in total. The Hall–Kier alpha value is -2.62. The molecule has 1 aromatic carbocycles. The number of nitrogen functional groups attached to an aromatic ring is 1. The van der Waals surface area contributed by atoms with E-state index in [9.17, 15) is 5.26 Å². The van der Waals surface area contributed by atoms with Crippen LogP contribution in [0.4, 0.5) is 5.82 Å². The fourth-order valence-corrected chi connectivity index (χ4v) is 3.67. The van der Waals surface area contributed by atoms with Crippen molar-refractivity contribution in [1.29, 1.82) is 5.26 Å². The number of aromatic nitrogens is 2. The molecule has 6 nitrogen and oxygen atoms in total. The molecule has 0 amide bonds. The van der Waals surface area contributed by atoms with E-state index in [4.69, 9.17) is 10.5 Å². The molecule has 4 rings (SSSR count). The maximum absolute atomic E-state index is 9.59. The second-order valence-electron chi connectivity index (χ2n) is 6.37. The summed E-state index contributed by atoms with van der Waals surface area (Å²) in [4.78, 5) is 6.64. The Morgan fingerprint density at radius 1 is 1.16 bits per heavy atom. The van der Waals surface area contributed by atoms with E-state index in [0.717, 1.165) is 67.6 Å². The van der Waals surface area contributed by atoms with Gasteiger partial charge in [0, 0.05) is 48.7 Å². The zero-order chi connectivity index (χ0) is 17.2. The zero-order valence-electron chi connectivity index (χ0n) is 14.1. The first kappa shape index (κ1) is 15.9. The van der Waals surface area contributed by atoms with E-state index in [1.807, 2.05) is 12.1 Å². The molecule has 0 radical (unpaired) electrons. The molecule has 0 atom stereocenters. The molecule has 3 heterocycles. The summed E-state index contributed by atoms with van der Waals surface area (Å²) in [6.45, 7) is 5.49. The van der Waals surface area contributed by atoms with Gasteiger partial charge in [-0.1, -0.05) is 18.2 Å². The van der Waals surface area contributed by atoms with Crippen molar-refractivity contribution < 1.29 is 4.74 Å². The monoisotopic (exact) mass is 335 g/mol. The van der Waals surface area contributed by atoms with E-state index in [0.29, 0.717) is 11.4 Å². The van der Waals surface area contributed by atoms with Gasteiger partial charge in [0.1, 0.15) is 17.5 Å². The van der Waals surface area contributed by atoms with E-state index in [2.05, 4.69) is 32.7 Å². The van der Waals surface area contributed by atoms with Crippen LogP contribution in [0, 0.1) is 11.3 Å². The Morgan fingerprint density at radius 3 is 2.76 bits per heavy atom. The van der Waals surface area contributed by atoms with Crippen LogP contribution in [0.5, 0.6) is 0 Å². The minimum absolute atomic E-state index is 0.298. The molecule has 6 heteroatoms. The summed E-state index contributed by atoms with van der Waals surface area (Å²) in [5, 5.41) is 11.7. The van der Waals surface area contributed by atoms with E-state index in [-0.39, 0.29) is 0 Å². The lowest BCUT2D eigenvalue weighted by Crippen LogP contribution is -2.37. The van der Waals surface area contributed by atoms with Crippen LogP contribution in [0.25, 0.3) is 21.8 Å². The number of rotatable bonds is 4. The number of anilines is 1. The van der Waals surface area contributed by atoms with Gasteiger partial charge in [-0.2, -0.15) is 5.26 Å². The van der Waals surface area contributed by atoms with Crippen LogP contribution in [-0.2, 0) is 11.3 Å². The second kappa shape index (κ2) is 6.71. The molecule has 0 spiro atoms. The number of nitrogens with two attached hydrogens (primary N) is 1. The molecule has 1 aliphatic heterocycles. The highest BCUT2D eigenvalue weighted by Crippen LogP contribution is 2.32. The topological polar surface area (TPSA) is 80.1 Å². The van der Waals surface area contributed by atoms with E-state index in [1.165, 1.54) is 0 Å². The number of hydrogen-bond acceptors (Lipinski definition) is 5. The van der Waals surface area contributed by atoms with Crippen molar-refractivity contribution in [2.75, 3.05) is 38.6 Å². The van der Waals surface area contributed by atoms with E-state index < -0.39 is 0 Å². The molecule has 1 saturated heterocycles. The van der Waals surface area contributed by atoms with Gasteiger partial charge in [0.25, 0.3) is 0 Å². The smallest absolute Gasteiger partial charge is 0.143 e. The maximum atomic E-state index is 9.59. The molecule has 1 aliphatic rings. The molecule has 0 saturated carbocycles. The Morgan fingerprint density at radius 2 is 1.96 bits per heavy atom. The Labute approximate surface area is 146 Å². The summed E-state index contributed by atoms with van der Waals surface area (Å²) in [6.07, 6.45) is 2.80. The standard InChI is InChI=1S/C19H21N5O/c20-12-15-18-16(13-22-19(15)21)14-4-1-2-5-17(14)24(18)7-3-6-23-8-10-25-11-9-23/h1-2,4-5,13H,3,6-11H2,(H2,21,22). The van der Waals surface area contributed by atoms with Crippen molar-refractivity contribution in [3.8, 4) is 6.07 Å². The Bertz CT molecular complexity index is 950. The highest BCUT2D eigenvalue weighted by molar-refractivity contribution is 6.10. The van der Waals surface area contributed by atoms with Crippen molar-refractivity contribution in [1.82, 2.24) is 14.5 Å². The lowest BCUT2D eigenvalue weighted by molar-refractivity contribution is 0.0370. The van der Waals surface area contributed by atoms with Crippen LogP contribution in [0.15, 0.2) is 30.5 Å². The van der Waals surface area contributed by atoms with Crippen LogP contribution in [0.1, 0.15) is 12.0 Å². The average molecular weight is 335 g/mol. The molecule has 2 aromatic heterocycles. The minimum Gasteiger partial charge on any atom is -0.383 e. The van der Waals surface area contributed by atoms with Crippen LogP contribution in [0.3, 0.4) is 0 Å². The van der Waals surface area contributed by atoms with Crippen molar-refractivity contribution in [2.24, 2.45) is 0 Å². The largest absolute Gasteiger partial charge is 0.383 e. The number of nitrogens with zero attached hydrogens (tertiary/aromatic N) is 4. The fourth-order valence-electron chi connectivity index (χ4n) is 3.67. The molecule has 0 unspecified atom stereocenters. The number of morpholine rings is 1. The van der Waals surface area contributed by atoms with Crippen molar-refractivity contribution in [3.05, 3.63) is 36.0 Å². The Balaban J connectivity index is 1.72. The third-order valence-electron chi connectivity index (χ3n) is 4.91. The van der Waals surface area contributed by atoms with Gasteiger partial charge in [0.15, 0.2) is 0 Å². The van der Waals surface area contributed by atoms with Crippen LogP contribution < -0.4 is 5.73 Å². The van der Waals surface area contributed by atoms with Gasteiger partial charge in [0.05, 0.1) is 18.7 Å². The predicted octanol–water partition coefficient (Wildman–Crippen LogP) is 2.37. The summed E-state index contributed by atoms with van der Waals surface area (Å²) in [7, 11) is 0. The lowest BCUT2D eigenvalue weighted by Gasteiger charge is -2.26. The lowest BCUT2D eigenvalue weighted by atomic mass is 10.1. The van der Waals surface area contributed by atoms with Gasteiger partial charge in [0.2, 0.25) is 0 Å². The highest BCUT2D eigenvalue weighted by atomic mass is 16.5. The number of nitriles is 1. The molecule has 0 bridgehead atoms. The van der Waals surface area contributed by atoms with Gasteiger partial charge >= 0.3 is 0 Å². The first-order chi connectivity index (χ1) is 12.3. The minimum atomic E-state index is 0.298. The average Bonchev–Trinajstić information content (AvgIpc) is 2.97. The number of hydrogen-bond donors (Lipinski definition) is 1. The summed E-state index contributed by atoms with van der Waals surface area (Å²) in [5.74, 6) is 0.298. The molecular weight excluding hydrogens is 314 g/mol. The van der Waals surface area contributed by atoms with Crippen molar-refractivity contribution in [2.45, 2.75) is 13.0 Å². The van der Waals surface area contributed by atoms with Gasteiger partial charge in [-0.15, -0.1) is 0 Å². The summed E-state index contributed by atoms with van der Waals surface area (Å²) in [5.41, 5.74) is 8.47.